The van der Waals surface area contributed by atoms with Crippen molar-refractivity contribution in [3.8, 4) is 17.6 Å². The monoisotopic (exact) mass is 423 g/mol. The van der Waals surface area contributed by atoms with Crippen molar-refractivity contribution in [2.24, 2.45) is 17.3 Å². The van der Waals surface area contributed by atoms with Crippen LogP contribution in [0.1, 0.15) is 25.0 Å². The molecule has 2 atom stereocenters. The van der Waals surface area contributed by atoms with E-state index < -0.39 is 0 Å². The van der Waals surface area contributed by atoms with Crippen LogP contribution < -0.4 is 4.74 Å². The minimum atomic E-state index is -0.265. The molecule has 0 aromatic heterocycles. The predicted octanol–water partition coefficient (Wildman–Crippen LogP) is 6.40. The number of nitriles is 1. The van der Waals surface area contributed by atoms with E-state index in [1.807, 2.05) is 105 Å². The van der Waals surface area contributed by atoms with Crippen molar-refractivity contribution < 1.29 is 14.3 Å². The van der Waals surface area contributed by atoms with Gasteiger partial charge in [0.2, 0.25) is 0 Å². The summed E-state index contributed by atoms with van der Waals surface area (Å²) in [7, 11) is 0. The molecule has 0 radical (unpaired) electrons. The van der Waals surface area contributed by atoms with E-state index in [1.165, 1.54) is 0 Å². The molecule has 1 fully saturated rings. The first kappa shape index (κ1) is 21.4. The SMILES string of the molecule is CC1(C)[C@@H](/C=C(\C#N)c2ccccc2)[C@@H]1C(=O)OCc1cccc(Oc2ccccc2)c1. The van der Waals surface area contributed by atoms with Crippen LogP contribution in [-0.2, 0) is 16.1 Å². The van der Waals surface area contributed by atoms with Crippen molar-refractivity contribution in [1.82, 2.24) is 0 Å². The molecule has 1 saturated carbocycles. The lowest BCUT2D eigenvalue weighted by Crippen LogP contribution is -2.10. The van der Waals surface area contributed by atoms with Crippen LogP contribution in [0.2, 0.25) is 0 Å². The fourth-order valence-electron chi connectivity index (χ4n) is 4.00. The number of nitrogens with zero attached hydrogens (tertiary/aromatic N) is 1. The average molecular weight is 424 g/mol. The van der Waals surface area contributed by atoms with Gasteiger partial charge in [-0.2, -0.15) is 5.26 Å². The third-order valence-electron chi connectivity index (χ3n) is 5.97. The third-order valence-corrected chi connectivity index (χ3v) is 5.97. The lowest BCUT2D eigenvalue weighted by molar-refractivity contribution is -0.147. The number of allylic oxidation sites excluding steroid dienone is 2. The molecule has 1 aliphatic carbocycles. The molecular formula is C28H25NO3. The number of benzene rings is 3. The molecule has 3 aromatic carbocycles. The quantitative estimate of drug-likeness (QED) is 0.326. The van der Waals surface area contributed by atoms with E-state index in [2.05, 4.69) is 6.07 Å². The second-order valence-electron chi connectivity index (χ2n) is 8.55. The Morgan fingerprint density at radius 2 is 1.62 bits per heavy atom. The Labute approximate surface area is 188 Å². The maximum Gasteiger partial charge on any atom is 0.310 e. The Bertz CT molecular complexity index is 1160. The molecule has 32 heavy (non-hydrogen) atoms. The molecule has 160 valence electrons. The third kappa shape index (κ3) is 4.73. The van der Waals surface area contributed by atoms with Gasteiger partial charge in [-0.05, 0) is 46.7 Å². The highest BCUT2D eigenvalue weighted by Crippen LogP contribution is 2.60. The molecule has 4 nitrogen and oxygen atoms in total. The second-order valence-corrected chi connectivity index (χ2v) is 8.55. The van der Waals surface area contributed by atoms with Crippen molar-refractivity contribution in [3.05, 3.63) is 102 Å². The van der Waals surface area contributed by atoms with E-state index in [-0.39, 0.29) is 29.8 Å². The normalized spacial score (nSPS) is 19.0. The van der Waals surface area contributed by atoms with Crippen LogP contribution in [0.4, 0.5) is 0 Å². The summed E-state index contributed by atoms with van der Waals surface area (Å²) in [5.74, 6) is 0.911. The molecule has 0 bridgehead atoms. The van der Waals surface area contributed by atoms with Crippen molar-refractivity contribution in [1.29, 1.82) is 5.26 Å². The van der Waals surface area contributed by atoms with E-state index in [9.17, 15) is 10.1 Å². The zero-order chi connectivity index (χ0) is 22.6. The number of carbonyl (C=O) groups is 1. The number of hydrogen-bond donors (Lipinski definition) is 0. The summed E-state index contributed by atoms with van der Waals surface area (Å²) in [6.45, 7) is 4.25. The smallest absolute Gasteiger partial charge is 0.310 e. The molecule has 4 heteroatoms. The topological polar surface area (TPSA) is 59.3 Å². The zero-order valence-corrected chi connectivity index (χ0v) is 18.2. The van der Waals surface area contributed by atoms with Crippen LogP contribution in [0.5, 0.6) is 11.5 Å². The predicted molar refractivity (Wildman–Crippen MR) is 124 cm³/mol. The Morgan fingerprint density at radius 3 is 2.31 bits per heavy atom. The molecule has 0 saturated heterocycles. The van der Waals surface area contributed by atoms with Gasteiger partial charge in [-0.1, -0.05) is 80.6 Å². The van der Waals surface area contributed by atoms with Crippen molar-refractivity contribution in [3.63, 3.8) is 0 Å². The molecule has 0 spiro atoms. The zero-order valence-electron chi connectivity index (χ0n) is 18.2. The lowest BCUT2D eigenvalue weighted by Gasteiger charge is -2.09. The molecular weight excluding hydrogens is 398 g/mol. The van der Waals surface area contributed by atoms with Crippen LogP contribution in [0.15, 0.2) is 91.0 Å². The second kappa shape index (κ2) is 9.11. The van der Waals surface area contributed by atoms with Gasteiger partial charge in [-0.3, -0.25) is 4.79 Å². The summed E-state index contributed by atoms with van der Waals surface area (Å²) in [4.78, 5) is 12.8. The van der Waals surface area contributed by atoms with Gasteiger partial charge in [0.1, 0.15) is 18.1 Å². The molecule has 0 N–H and O–H groups in total. The van der Waals surface area contributed by atoms with Gasteiger partial charge in [0.15, 0.2) is 0 Å². The fraction of sp³-hybridized carbons (Fsp3) is 0.214. The van der Waals surface area contributed by atoms with E-state index in [1.54, 1.807) is 0 Å². The number of rotatable bonds is 7. The molecule has 0 aliphatic heterocycles. The highest BCUT2D eigenvalue weighted by atomic mass is 16.5. The van der Waals surface area contributed by atoms with Gasteiger partial charge >= 0.3 is 5.97 Å². The van der Waals surface area contributed by atoms with E-state index in [4.69, 9.17) is 9.47 Å². The average Bonchev–Trinajstić information content (AvgIpc) is 3.37. The van der Waals surface area contributed by atoms with Gasteiger partial charge < -0.3 is 9.47 Å². The minimum absolute atomic E-state index is 0.0300. The van der Waals surface area contributed by atoms with Crippen LogP contribution >= 0.6 is 0 Å². The summed E-state index contributed by atoms with van der Waals surface area (Å²) in [5, 5.41) is 9.59. The fourth-order valence-corrected chi connectivity index (χ4v) is 4.00. The number of hydrogen-bond acceptors (Lipinski definition) is 4. The molecule has 0 amide bonds. The Hall–Kier alpha value is -3.84. The minimum Gasteiger partial charge on any atom is -0.461 e. The summed E-state index contributed by atoms with van der Waals surface area (Å²) in [5.41, 5.74) is 2.07. The molecule has 0 heterocycles. The maximum atomic E-state index is 12.8. The highest BCUT2D eigenvalue weighted by Gasteiger charge is 2.61. The van der Waals surface area contributed by atoms with Gasteiger partial charge in [0, 0.05) is 0 Å². The number of carbonyl (C=O) groups excluding carboxylic acids is 1. The summed E-state index contributed by atoms with van der Waals surface area (Å²) in [6.07, 6.45) is 1.91. The van der Waals surface area contributed by atoms with Gasteiger partial charge in [-0.25, -0.2) is 0 Å². The van der Waals surface area contributed by atoms with Gasteiger partial charge in [0.05, 0.1) is 17.6 Å². The standard InChI is InChI=1S/C28H25NO3/c1-28(2)25(17-22(18-29)21-11-5-3-6-12-21)26(28)27(30)31-19-20-10-9-15-24(16-20)32-23-13-7-4-8-14-23/h3-17,25-26H,19H2,1-2H3/b22-17+/t25-,26+/m0/s1. The van der Waals surface area contributed by atoms with E-state index in [0.29, 0.717) is 11.3 Å². The Morgan fingerprint density at radius 1 is 0.969 bits per heavy atom. The lowest BCUT2D eigenvalue weighted by atomic mass is 10.0. The Balaban J connectivity index is 1.40. The Kier molecular flexibility index (Phi) is 6.09. The molecule has 0 unspecified atom stereocenters. The van der Waals surface area contributed by atoms with Crippen LogP contribution in [-0.4, -0.2) is 5.97 Å². The number of ether oxygens (including phenoxy) is 2. The van der Waals surface area contributed by atoms with E-state index in [0.717, 1.165) is 16.9 Å². The largest absolute Gasteiger partial charge is 0.461 e. The number of esters is 1. The molecule has 1 aliphatic rings. The van der Waals surface area contributed by atoms with Crippen molar-refractivity contribution >= 4 is 11.5 Å². The first-order chi connectivity index (χ1) is 15.5. The summed E-state index contributed by atoms with van der Waals surface area (Å²) < 4.78 is 11.5. The van der Waals surface area contributed by atoms with Crippen LogP contribution in [0.25, 0.3) is 5.57 Å². The van der Waals surface area contributed by atoms with Crippen molar-refractivity contribution in [2.45, 2.75) is 20.5 Å². The summed E-state index contributed by atoms with van der Waals surface area (Å²) >= 11 is 0. The van der Waals surface area contributed by atoms with Crippen molar-refractivity contribution in [2.75, 3.05) is 0 Å². The maximum absolute atomic E-state index is 12.8. The summed E-state index contributed by atoms with van der Waals surface area (Å²) in [6, 6.07) is 28.9. The first-order valence-corrected chi connectivity index (χ1v) is 10.6. The highest BCUT2D eigenvalue weighted by molar-refractivity contribution is 5.82. The number of para-hydroxylation sites is 1. The van der Waals surface area contributed by atoms with Crippen LogP contribution in [0.3, 0.4) is 0 Å². The van der Waals surface area contributed by atoms with Gasteiger partial charge in [-0.15, -0.1) is 0 Å². The van der Waals surface area contributed by atoms with Gasteiger partial charge in [0.25, 0.3) is 0 Å². The van der Waals surface area contributed by atoms with E-state index >= 15 is 0 Å². The molecule has 3 aromatic rings. The first-order valence-electron chi connectivity index (χ1n) is 10.6. The van der Waals surface area contributed by atoms with Crippen LogP contribution in [0, 0.1) is 28.6 Å². The molecule has 4 rings (SSSR count).